The van der Waals surface area contributed by atoms with Crippen LogP contribution in [0, 0.1) is 6.92 Å². The van der Waals surface area contributed by atoms with Gasteiger partial charge in [0, 0.05) is 12.5 Å². The second-order valence-corrected chi connectivity index (χ2v) is 7.82. The fourth-order valence-corrected chi connectivity index (χ4v) is 4.16. The molecule has 0 bridgehead atoms. The molecule has 1 atom stereocenters. The van der Waals surface area contributed by atoms with Crippen LogP contribution in [-0.2, 0) is 4.79 Å². The van der Waals surface area contributed by atoms with Crippen molar-refractivity contribution in [3.8, 4) is 11.5 Å². The predicted octanol–water partition coefficient (Wildman–Crippen LogP) is 4.59. The third-order valence-corrected chi connectivity index (χ3v) is 5.58. The molecule has 1 unspecified atom stereocenters. The van der Waals surface area contributed by atoms with Crippen LogP contribution < -0.4 is 14.8 Å². The maximum atomic E-state index is 12.6. The minimum Gasteiger partial charge on any atom is -0.490 e. The van der Waals surface area contributed by atoms with Gasteiger partial charge in [-0.3, -0.25) is 9.69 Å². The van der Waals surface area contributed by atoms with Crippen molar-refractivity contribution >= 4 is 23.2 Å². The Morgan fingerprint density at radius 1 is 1.14 bits per heavy atom. The van der Waals surface area contributed by atoms with E-state index in [4.69, 9.17) is 21.1 Å². The van der Waals surface area contributed by atoms with Crippen LogP contribution in [0.5, 0.6) is 11.5 Å². The quantitative estimate of drug-likeness (QED) is 0.815. The van der Waals surface area contributed by atoms with E-state index in [0.29, 0.717) is 30.5 Å². The molecule has 2 aliphatic heterocycles. The van der Waals surface area contributed by atoms with Crippen molar-refractivity contribution in [2.75, 3.05) is 31.6 Å². The molecule has 1 N–H and O–H groups in total. The van der Waals surface area contributed by atoms with Crippen LogP contribution in [0.4, 0.5) is 5.69 Å². The SMILES string of the molecule is Cc1ccc(NC(=O)CN2CCCC2c2ccc3c(c2)OCCCO3)c(Cl)c1. The van der Waals surface area contributed by atoms with Crippen LogP contribution in [0.25, 0.3) is 0 Å². The summed E-state index contributed by atoms with van der Waals surface area (Å²) >= 11 is 6.24. The van der Waals surface area contributed by atoms with Gasteiger partial charge in [-0.1, -0.05) is 23.7 Å². The molecule has 5 nitrogen and oxygen atoms in total. The monoisotopic (exact) mass is 400 g/mol. The van der Waals surface area contributed by atoms with Gasteiger partial charge in [0.05, 0.1) is 30.5 Å². The standard InChI is InChI=1S/C22H25ClN2O3/c1-15-5-7-18(17(23)12-15)24-22(26)14-25-9-2-4-19(25)16-6-8-20-21(13-16)28-11-3-10-27-20/h5-8,12-13,19H,2-4,9-11,14H2,1H3,(H,24,26). The number of ether oxygens (including phenoxy) is 2. The summed E-state index contributed by atoms with van der Waals surface area (Å²) in [6, 6.07) is 12.0. The molecule has 0 radical (unpaired) electrons. The van der Waals surface area contributed by atoms with Gasteiger partial charge in [-0.2, -0.15) is 0 Å². The third-order valence-electron chi connectivity index (χ3n) is 5.27. The number of nitrogens with zero attached hydrogens (tertiary/aromatic N) is 1. The third kappa shape index (κ3) is 4.26. The maximum Gasteiger partial charge on any atom is 0.238 e. The lowest BCUT2D eigenvalue weighted by molar-refractivity contribution is -0.117. The van der Waals surface area contributed by atoms with Gasteiger partial charge in [0.2, 0.25) is 5.91 Å². The van der Waals surface area contributed by atoms with Gasteiger partial charge in [0.25, 0.3) is 0 Å². The first kappa shape index (κ1) is 19.1. The predicted molar refractivity (Wildman–Crippen MR) is 110 cm³/mol. The smallest absolute Gasteiger partial charge is 0.238 e. The molecular weight excluding hydrogens is 376 g/mol. The van der Waals surface area contributed by atoms with E-state index >= 15 is 0 Å². The minimum absolute atomic E-state index is 0.0491. The van der Waals surface area contributed by atoms with Gasteiger partial charge < -0.3 is 14.8 Å². The first-order valence-corrected chi connectivity index (χ1v) is 10.2. The zero-order chi connectivity index (χ0) is 19.5. The Hall–Kier alpha value is -2.24. The average Bonchev–Trinajstić information content (AvgIpc) is 2.99. The molecule has 2 aromatic rings. The van der Waals surface area contributed by atoms with Crippen LogP contribution in [0.2, 0.25) is 5.02 Å². The van der Waals surface area contributed by atoms with Crippen LogP contribution in [0.1, 0.15) is 36.4 Å². The van der Waals surface area contributed by atoms with E-state index in [1.807, 2.05) is 31.2 Å². The first-order valence-electron chi connectivity index (χ1n) is 9.80. The van der Waals surface area contributed by atoms with Crippen molar-refractivity contribution in [1.82, 2.24) is 4.90 Å². The Balaban J connectivity index is 1.45. The van der Waals surface area contributed by atoms with Gasteiger partial charge in [0.1, 0.15) is 0 Å². The van der Waals surface area contributed by atoms with Gasteiger partial charge >= 0.3 is 0 Å². The molecular formula is C22H25ClN2O3. The molecule has 1 saturated heterocycles. The Bertz CT molecular complexity index is 871. The molecule has 2 aliphatic rings. The molecule has 0 aromatic heterocycles. The molecule has 0 spiro atoms. The number of aryl methyl sites for hydroxylation is 1. The Labute approximate surface area is 170 Å². The fourth-order valence-electron chi connectivity index (χ4n) is 3.88. The second-order valence-electron chi connectivity index (χ2n) is 7.42. The summed E-state index contributed by atoms with van der Waals surface area (Å²) < 4.78 is 11.6. The number of fused-ring (bicyclic) bond motifs is 1. The van der Waals surface area contributed by atoms with Crippen molar-refractivity contribution in [3.05, 3.63) is 52.5 Å². The molecule has 2 aromatic carbocycles. The number of halogens is 1. The van der Waals surface area contributed by atoms with E-state index in [1.165, 1.54) is 5.56 Å². The van der Waals surface area contributed by atoms with Crippen LogP contribution in [-0.4, -0.2) is 37.1 Å². The number of benzene rings is 2. The van der Waals surface area contributed by atoms with Gasteiger partial charge in [-0.05, 0) is 61.7 Å². The molecule has 2 heterocycles. The Morgan fingerprint density at radius 3 is 2.79 bits per heavy atom. The molecule has 148 valence electrons. The van der Waals surface area contributed by atoms with E-state index in [2.05, 4.69) is 22.3 Å². The van der Waals surface area contributed by atoms with E-state index < -0.39 is 0 Å². The molecule has 4 rings (SSSR count). The zero-order valence-electron chi connectivity index (χ0n) is 16.0. The number of likely N-dealkylation sites (tertiary alicyclic amines) is 1. The highest BCUT2D eigenvalue weighted by molar-refractivity contribution is 6.33. The fraction of sp³-hybridized carbons (Fsp3) is 0.409. The van der Waals surface area contributed by atoms with E-state index in [9.17, 15) is 4.79 Å². The van der Waals surface area contributed by atoms with Crippen molar-refractivity contribution in [2.45, 2.75) is 32.2 Å². The lowest BCUT2D eigenvalue weighted by Crippen LogP contribution is -2.33. The summed E-state index contributed by atoms with van der Waals surface area (Å²) in [5, 5.41) is 3.50. The molecule has 1 fully saturated rings. The number of carbonyl (C=O) groups excluding carboxylic acids is 1. The molecule has 28 heavy (non-hydrogen) atoms. The molecule has 0 aliphatic carbocycles. The van der Waals surface area contributed by atoms with Gasteiger partial charge in [-0.15, -0.1) is 0 Å². The van der Waals surface area contributed by atoms with E-state index in [0.717, 1.165) is 42.9 Å². The number of nitrogens with one attached hydrogen (secondary N) is 1. The highest BCUT2D eigenvalue weighted by atomic mass is 35.5. The lowest BCUT2D eigenvalue weighted by atomic mass is 10.0. The number of hydrogen-bond donors (Lipinski definition) is 1. The largest absolute Gasteiger partial charge is 0.490 e. The normalized spacial score (nSPS) is 19.3. The zero-order valence-corrected chi connectivity index (χ0v) is 16.8. The van der Waals surface area contributed by atoms with Crippen molar-refractivity contribution in [2.24, 2.45) is 0 Å². The van der Waals surface area contributed by atoms with Crippen molar-refractivity contribution in [1.29, 1.82) is 0 Å². The van der Waals surface area contributed by atoms with Gasteiger partial charge in [-0.25, -0.2) is 0 Å². The summed E-state index contributed by atoms with van der Waals surface area (Å²) in [5.41, 5.74) is 2.89. The Kier molecular flexibility index (Phi) is 5.74. The number of anilines is 1. The topological polar surface area (TPSA) is 50.8 Å². The number of amides is 1. The summed E-state index contributed by atoms with van der Waals surface area (Å²) in [4.78, 5) is 14.8. The van der Waals surface area contributed by atoms with Crippen molar-refractivity contribution < 1.29 is 14.3 Å². The molecule has 1 amide bonds. The number of hydrogen-bond acceptors (Lipinski definition) is 4. The minimum atomic E-state index is -0.0491. The first-order chi connectivity index (χ1) is 13.6. The highest BCUT2D eigenvalue weighted by Gasteiger charge is 2.28. The summed E-state index contributed by atoms with van der Waals surface area (Å²) in [6.45, 7) is 4.56. The molecule has 0 saturated carbocycles. The van der Waals surface area contributed by atoms with Crippen LogP contribution in [0.3, 0.4) is 0 Å². The summed E-state index contributed by atoms with van der Waals surface area (Å²) in [7, 11) is 0. The number of rotatable bonds is 4. The molecule has 6 heteroatoms. The second kappa shape index (κ2) is 8.41. The summed E-state index contributed by atoms with van der Waals surface area (Å²) in [6.07, 6.45) is 2.98. The summed E-state index contributed by atoms with van der Waals surface area (Å²) in [5.74, 6) is 1.56. The Morgan fingerprint density at radius 2 is 1.96 bits per heavy atom. The average molecular weight is 401 g/mol. The highest BCUT2D eigenvalue weighted by Crippen LogP contribution is 2.37. The maximum absolute atomic E-state index is 12.6. The van der Waals surface area contributed by atoms with E-state index in [-0.39, 0.29) is 11.9 Å². The van der Waals surface area contributed by atoms with E-state index in [1.54, 1.807) is 0 Å². The van der Waals surface area contributed by atoms with Gasteiger partial charge in [0.15, 0.2) is 11.5 Å². The number of carbonyl (C=O) groups is 1. The van der Waals surface area contributed by atoms with Crippen LogP contribution in [0.15, 0.2) is 36.4 Å². The van der Waals surface area contributed by atoms with Crippen molar-refractivity contribution in [3.63, 3.8) is 0 Å². The van der Waals surface area contributed by atoms with Crippen LogP contribution >= 0.6 is 11.6 Å². The lowest BCUT2D eigenvalue weighted by Gasteiger charge is -2.25.